The van der Waals surface area contributed by atoms with E-state index in [-0.39, 0.29) is 5.82 Å². The molecule has 5 nitrogen and oxygen atoms in total. The monoisotopic (exact) mass is 392 g/mol. The number of nitrogens with zero attached hydrogens (tertiary/aromatic N) is 2. The maximum absolute atomic E-state index is 11.9. The second kappa shape index (κ2) is 5.38. The number of aromatic amines is 1. The minimum absolute atomic E-state index is 0.0845. The fraction of sp³-hybridized carbons (Fsp3) is 0.100. The van der Waals surface area contributed by atoms with E-state index in [9.17, 15) is 4.79 Å². The summed E-state index contributed by atoms with van der Waals surface area (Å²) < 4.78 is 1.34. The Labute approximate surface area is 125 Å². The number of rotatable bonds is 2. The number of hydrogen-bond acceptors (Lipinski definition) is 3. The van der Waals surface area contributed by atoms with Gasteiger partial charge in [0.15, 0.2) is 0 Å². The quantitative estimate of drug-likeness (QED) is 0.818. The molecule has 2 rings (SSSR count). The molecule has 0 atom stereocenters. The zero-order chi connectivity index (χ0) is 13.3. The minimum Gasteiger partial charge on any atom is -0.317 e. The van der Waals surface area contributed by atoms with Crippen LogP contribution in [-0.2, 0) is 0 Å². The minimum atomic E-state index is -0.400. The third kappa shape index (κ3) is 2.90. The molecule has 0 bridgehead atoms. The highest BCUT2D eigenvalue weighted by Crippen LogP contribution is 2.34. The summed E-state index contributed by atoms with van der Waals surface area (Å²) in [5, 5.41) is 9.65. The number of carbonyl (C=O) groups excluding carboxylic acids is 1. The van der Waals surface area contributed by atoms with Crippen molar-refractivity contribution >= 4 is 55.1 Å². The Hall–Kier alpha value is -0.920. The van der Waals surface area contributed by atoms with Gasteiger partial charge in [-0.25, -0.2) is 4.98 Å². The number of H-pyrrole nitrogens is 1. The van der Waals surface area contributed by atoms with Gasteiger partial charge in [-0.3, -0.25) is 9.89 Å². The van der Waals surface area contributed by atoms with Gasteiger partial charge in [0.1, 0.15) is 5.82 Å². The first-order valence-electron chi connectivity index (χ1n) is 4.82. The van der Waals surface area contributed by atoms with Crippen molar-refractivity contribution in [3.63, 3.8) is 0 Å². The van der Waals surface area contributed by atoms with Crippen LogP contribution in [0.15, 0.2) is 21.1 Å². The van der Waals surface area contributed by atoms with Gasteiger partial charge in [-0.05, 0) is 50.9 Å². The van der Waals surface area contributed by atoms with Crippen LogP contribution < -0.4 is 5.32 Å². The SMILES string of the molecule is Cc1nc(C(=O)Nc2c(Br)cc(Cl)cc2Br)n[nH]1. The lowest BCUT2D eigenvalue weighted by Crippen LogP contribution is -2.14. The molecule has 1 amide bonds. The van der Waals surface area contributed by atoms with E-state index in [1.807, 2.05) is 0 Å². The fourth-order valence-electron chi connectivity index (χ4n) is 1.28. The molecule has 2 aromatic rings. The predicted octanol–water partition coefficient (Wildman–Crippen LogP) is 3.54. The van der Waals surface area contributed by atoms with Gasteiger partial charge in [-0.15, -0.1) is 5.10 Å². The Balaban J connectivity index is 2.27. The lowest BCUT2D eigenvalue weighted by molar-refractivity contribution is 0.101. The van der Waals surface area contributed by atoms with Crippen LogP contribution in [0.5, 0.6) is 0 Å². The smallest absolute Gasteiger partial charge is 0.295 e. The van der Waals surface area contributed by atoms with Crippen LogP contribution in [0.2, 0.25) is 5.02 Å². The number of aromatic nitrogens is 3. The first-order valence-corrected chi connectivity index (χ1v) is 6.78. The van der Waals surface area contributed by atoms with E-state index in [0.717, 1.165) is 0 Å². The van der Waals surface area contributed by atoms with E-state index in [1.165, 1.54) is 0 Å². The van der Waals surface area contributed by atoms with Crippen molar-refractivity contribution in [3.8, 4) is 0 Å². The molecule has 0 fully saturated rings. The molecule has 0 aliphatic carbocycles. The van der Waals surface area contributed by atoms with Gasteiger partial charge in [0, 0.05) is 14.0 Å². The summed E-state index contributed by atoms with van der Waals surface area (Å²) in [7, 11) is 0. The molecule has 0 saturated carbocycles. The Kier molecular flexibility index (Phi) is 4.04. The zero-order valence-corrected chi connectivity index (χ0v) is 13.0. The van der Waals surface area contributed by atoms with Gasteiger partial charge >= 0.3 is 0 Å². The fourth-order valence-corrected chi connectivity index (χ4v) is 3.14. The van der Waals surface area contributed by atoms with Crippen LogP contribution in [-0.4, -0.2) is 21.1 Å². The van der Waals surface area contributed by atoms with Gasteiger partial charge in [0.25, 0.3) is 5.91 Å². The van der Waals surface area contributed by atoms with Crippen LogP contribution in [0.4, 0.5) is 5.69 Å². The van der Waals surface area contributed by atoms with Gasteiger partial charge in [-0.2, -0.15) is 0 Å². The van der Waals surface area contributed by atoms with E-state index in [2.05, 4.69) is 52.4 Å². The van der Waals surface area contributed by atoms with Crippen LogP contribution in [0.1, 0.15) is 16.4 Å². The van der Waals surface area contributed by atoms with Crippen molar-refractivity contribution in [1.29, 1.82) is 0 Å². The highest BCUT2D eigenvalue weighted by molar-refractivity contribution is 9.11. The molecular weight excluding hydrogens is 387 g/mol. The largest absolute Gasteiger partial charge is 0.317 e. The molecule has 0 radical (unpaired) electrons. The maximum atomic E-state index is 11.9. The molecular formula is C10H7Br2ClN4O. The molecule has 1 aromatic carbocycles. The summed E-state index contributed by atoms with van der Waals surface area (Å²) >= 11 is 12.5. The zero-order valence-electron chi connectivity index (χ0n) is 9.09. The number of anilines is 1. The number of hydrogen-bond donors (Lipinski definition) is 2. The first kappa shape index (κ1) is 13.5. The van der Waals surface area contributed by atoms with E-state index < -0.39 is 5.91 Å². The summed E-state index contributed by atoms with van der Waals surface area (Å²) in [6.45, 7) is 1.72. The average Bonchev–Trinajstić information content (AvgIpc) is 2.70. The number of amides is 1. The molecule has 2 N–H and O–H groups in total. The normalized spacial score (nSPS) is 10.4. The first-order chi connectivity index (χ1) is 8.47. The molecule has 0 aliphatic rings. The number of carbonyl (C=O) groups is 1. The Morgan fingerprint density at radius 2 is 2.00 bits per heavy atom. The summed E-state index contributed by atoms with van der Waals surface area (Å²) in [5.74, 6) is 0.263. The van der Waals surface area contributed by atoms with E-state index in [1.54, 1.807) is 19.1 Å². The van der Waals surface area contributed by atoms with Gasteiger partial charge < -0.3 is 5.32 Å². The lowest BCUT2D eigenvalue weighted by Gasteiger charge is -2.08. The Bertz CT molecular complexity index is 591. The molecule has 0 unspecified atom stereocenters. The van der Waals surface area contributed by atoms with Gasteiger partial charge in [-0.1, -0.05) is 11.6 Å². The summed E-state index contributed by atoms with van der Waals surface area (Å²) in [4.78, 5) is 15.8. The Morgan fingerprint density at radius 3 is 2.50 bits per heavy atom. The van der Waals surface area contributed by atoms with E-state index in [0.29, 0.717) is 25.5 Å². The van der Waals surface area contributed by atoms with Crippen molar-refractivity contribution in [2.24, 2.45) is 0 Å². The third-order valence-electron chi connectivity index (χ3n) is 2.05. The lowest BCUT2D eigenvalue weighted by atomic mass is 10.3. The van der Waals surface area contributed by atoms with Gasteiger partial charge in [0.2, 0.25) is 5.82 Å². The molecule has 94 valence electrons. The van der Waals surface area contributed by atoms with Crippen molar-refractivity contribution in [2.45, 2.75) is 6.92 Å². The number of nitrogens with one attached hydrogen (secondary N) is 2. The topological polar surface area (TPSA) is 70.7 Å². The van der Waals surface area contributed by atoms with Gasteiger partial charge in [0.05, 0.1) is 5.69 Å². The van der Waals surface area contributed by atoms with Crippen LogP contribution in [0.3, 0.4) is 0 Å². The van der Waals surface area contributed by atoms with Crippen molar-refractivity contribution in [1.82, 2.24) is 15.2 Å². The summed E-state index contributed by atoms with van der Waals surface area (Å²) in [5.41, 5.74) is 0.576. The number of halogens is 3. The standard InChI is InChI=1S/C10H7Br2ClN4O/c1-4-14-9(17-16-4)10(18)15-8-6(11)2-5(13)3-7(8)12/h2-3H,1H3,(H,15,18)(H,14,16,17). The molecule has 0 spiro atoms. The molecule has 0 aliphatic heterocycles. The highest BCUT2D eigenvalue weighted by Gasteiger charge is 2.15. The third-order valence-corrected chi connectivity index (χ3v) is 3.51. The highest BCUT2D eigenvalue weighted by atomic mass is 79.9. The summed E-state index contributed by atoms with van der Waals surface area (Å²) in [6.07, 6.45) is 0. The van der Waals surface area contributed by atoms with Crippen LogP contribution in [0, 0.1) is 6.92 Å². The Morgan fingerprint density at radius 1 is 1.39 bits per heavy atom. The van der Waals surface area contributed by atoms with Crippen molar-refractivity contribution < 1.29 is 4.79 Å². The molecule has 8 heteroatoms. The maximum Gasteiger partial charge on any atom is 0.295 e. The van der Waals surface area contributed by atoms with E-state index in [4.69, 9.17) is 11.6 Å². The van der Waals surface area contributed by atoms with Crippen LogP contribution in [0.25, 0.3) is 0 Å². The second-order valence-electron chi connectivity index (χ2n) is 3.44. The molecule has 1 heterocycles. The van der Waals surface area contributed by atoms with Crippen LogP contribution >= 0.6 is 43.5 Å². The summed E-state index contributed by atoms with van der Waals surface area (Å²) in [6, 6.07) is 3.37. The van der Waals surface area contributed by atoms with Crippen molar-refractivity contribution in [2.75, 3.05) is 5.32 Å². The second-order valence-corrected chi connectivity index (χ2v) is 5.59. The van der Waals surface area contributed by atoms with E-state index >= 15 is 0 Å². The molecule has 1 aromatic heterocycles. The average molecular weight is 394 g/mol. The van der Waals surface area contributed by atoms with Crippen molar-refractivity contribution in [3.05, 3.63) is 37.7 Å². The molecule has 0 saturated heterocycles. The predicted molar refractivity (Wildman–Crippen MR) is 75.9 cm³/mol. The number of aryl methyl sites for hydroxylation is 1. The molecule has 18 heavy (non-hydrogen) atoms. The number of benzene rings is 1.